The van der Waals surface area contributed by atoms with Gasteiger partial charge in [0.25, 0.3) is 0 Å². The summed E-state index contributed by atoms with van der Waals surface area (Å²) in [6, 6.07) is 53.3. The van der Waals surface area contributed by atoms with Crippen LogP contribution in [0, 0.1) is 12.8 Å². The van der Waals surface area contributed by atoms with Crippen molar-refractivity contribution in [2.75, 3.05) is 5.32 Å². The molecule has 0 radical (unpaired) electrons. The van der Waals surface area contributed by atoms with E-state index in [9.17, 15) is 0 Å². The third-order valence-electron chi connectivity index (χ3n) is 10.7. The van der Waals surface area contributed by atoms with Gasteiger partial charge in [-0.25, -0.2) is 0 Å². The number of anilines is 1. The van der Waals surface area contributed by atoms with Gasteiger partial charge in [-0.2, -0.15) is 0 Å². The summed E-state index contributed by atoms with van der Waals surface area (Å²) in [7, 11) is 0. The first-order valence-electron chi connectivity index (χ1n) is 17.9. The first-order chi connectivity index (χ1) is 24.6. The highest BCUT2D eigenvalue weighted by atomic mass is 15.0. The Morgan fingerprint density at radius 2 is 1.28 bits per heavy atom. The Labute approximate surface area is 294 Å². The fraction of sp³-hybridized carbons (Fsp3) is 0.125. The summed E-state index contributed by atoms with van der Waals surface area (Å²) in [6.45, 7) is 4.47. The maximum absolute atomic E-state index is 3.87. The van der Waals surface area contributed by atoms with Crippen LogP contribution in [-0.2, 0) is 0 Å². The number of allylic oxidation sites excluding steroid dienone is 5. The van der Waals surface area contributed by atoms with Gasteiger partial charge in [0, 0.05) is 34.1 Å². The molecule has 0 saturated carbocycles. The molecule has 0 amide bonds. The Balaban J connectivity index is 1.01. The lowest BCUT2D eigenvalue weighted by Crippen LogP contribution is -2.23. The van der Waals surface area contributed by atoms with E-state index in [4.69, 9.17) is 0 Å². The Hall–Kier alpha value is -5.86. The van der Waals surface area contributed by atoms with Crippen LogP contribution in [0.1, 0.15) is 30.9 Å². The number of rotatable bonds is 8. The van der Waals surface area contributed by atoms with Gasteiger partial charge in [-0.3, -0.25) is 0 Å². The molecular weight excluding hydrogens is 605 g/mol. The minimum absolute atomic E-state index is 0.293. The van der Waals surface area contributed by atoms with Gasteiger partial charge in [0.05, 0.1) is 11.0 Å². The van der Waals surface area contributed by atoms with E-state index in [1.54, 1.807) is 0 Å². The van der Waals surface area contributed by atoms with Crippen molar-refractivity contribution >= 4 is 33.1 Å². The van der Waals surface area contributed by atoms with Crippen LogP contribution >= 0.6 is 0 Å². The molecule has 9 rings (SSSR count). The molecule has 0 spiro atoms. The predicted molar refractivity (Wildman–Crippen MR) is 213 cm³/mol. The monoisotopic (exact) mass is 644 g/mol. The summed E-state index contributed by atoms with van der Waals surface area (Å²) in [6.07, 6.45) is 9.47. The lowest BCUT2D eigenvalue weighted by atomic mass is 9.92. The van der Waals surface area contributed by atoms with Gasteiger partial charge in [-0.1, -0.05) is 134 Å². The van der Waals surface area contributed by atoms with Gasteiger partial charge < -0.3 is 9.88 Å². The van der Waals surface area contributed by atoms with Crippen LogP contribution in [0.15, 0.2) is 175 Å². The van der Waals surface area contributed by atoms with Crippen LogP contribution in [0.4, 0.5) is 5.69 Å². The standard InChI is InChI=1S/C48H40N2/c1-3-46(49-40-21-15-35(16-22-40)33-10-6-4-7-11-33)42-26-19-38-29-39(31-44(38)42)37-20-27-47-45(30-37)43-25-14-32(2)28-48(43)50(47)41-23-17-36(18-24-41)34-12-8-5-9-13-34/h4-18,20-31,44,46,49H,3,19H2,1-2H3/t44-,46-/m1/s1. The average molecular weight is 645 g/mol. The molecule has 2 atom stereocenters. The third-order valence-corrected chi connectivity index (χ3v) is 10.7. The Morgan fingerprint density at radius 3 is 1.96 bits per heavy atom. The molecule has 0 fully saturated rings. The number of hydrogen-bond acceptors (Lipinski definition) is 1. The molecule has 6 aromatic carbocycles. The maximum atomic E-state index is 3.87. The van der Waals surface area contributed by atoms with E-state index in [0.29, 0.717) is 12.0 Å². The molecule has 2 aliphatic rings. The minimum Gasteiger partial charge on any atom is -0.379 e. The molecule has 1 N–H and O–H groups in total. The molecule has 1 aromatic heterocycles. The zero-order chi connectivity index (χ0) is 33.6. The number of aromatic nitrogens is 1. The largest absolute Gasteiger partial charge is 0.379 e. The van der Waals surface area contributed by atoms with E-state index in [0.717, 1.165) is 12.8 Å². The second-order valence-corrected chi connectivity index (χ2v) is 13.8. The molecule has 2 aliphatic carbocycles. The van der Waals surface area contributed by atoms with E-state index in [1.807, 2.05) is 0 Å². The van der Waals surface area contributed by atoms with E-state index in [1.165, 1.54) is 83.3 Å². The molecule has 0 bridgehead atoms. The van der Waals surface area contributed by atoms with Gasteiger partial charge in [0.2, 0.25) is 0 Å². The van der Waals surface area contributed by atoms with Crippen molar-refractivity contribution in [1.29, 1.82) is 0 Å². The molecule has 0 unspecified atom stereocenters. The molecule has 50 heavy (non-hydrogen) atoms. The Bertz CT molecular complexity index is 2440. The summed E-state index contributed by atoms with van der Waals surface area (Å²) >= 11 is 0. The summed E-state index contributed by atoms with van der Waals surface area (Å²) in [5.74, 6) is 0.355. The average Bonchev–Trinajstić information content (AvgIpc) is 3.86. The van der Waals surface area contributed by atoms with Gasteiger partial charge in [0.1, 0.15) is 0 Å². The topological polar surface area (TPSA) is 17.0 Å². The fourth-order valence-corrected chi connectivity index (χ4v) is 8.06. The number of aryl methyl sites for hydroxylation is 1. The van der Waals surface area contributed by atoms with Crippen molar-refractivity contribution in [2.24, 2.45) is 5.92 Å². The van der Waals surface area contributed by atoms with Crippen molar-refractivity contribution in [3.8, 4) is 27.9 Å². The first kappa shape index (κ1) is 30.2. The fourth-order valence-electron chi connectivity index (χ4n) is 8.06. The number of nitrogens with zero attached hydrogens (tertiary/aromatic N) is 1. The van der Waals surface area contributed by atoms with Gasteiger partial charge >= 0.3 is 0 Å². The van der Waals surface area contributed by atoms with Crippen molar-refractivity contribution < 1.29 is 0 Å². The number of fused-ring (bicyclic) bond motifs is 4. The number of hydrogen-bond donors (Lipinski definition) is 1. The lowest BCUT2D eigenvalue weighted by Gasteiger charge is -2.23. The van der Waals surface area contributed by atoms with Crippen molar-refractivity contribution in [3.05, 3.63) is 186 Å². The van der Waals surface area contributed by atoms with E-state index in [2.05, 4.69) is 188 Å². The summed E-state index contributed by atoms with van der Waals surface area (Å²) in [5.41, 5.74) is 16.7. The Morgan fingerprint density at radius 1 is 0.640 bits per heavy atom. The van der Waals surface area contributed by atoms with Crippen LogP contribution < -0.4 is 5.32 Å². The number of nitrogens with one attached hydrogen (secondary N) is 1. The SMILES string of the molecule is CC[C@@H](Nc1ccc(-c2ccccc2)cc1)C1=CCC2=CC(c3ccc4c(c3)c3ccc(C)cc3n4-c3ccc(-c4ccccc4)cc3)=C[C@H]21. The van der Waals surface area contributed by atoms with Crippen LogP contribution in [0.2, 0.25) is 0 Å². The molecule has 7 aromatic rings. The molecule has 0 aliphatic heterocycles. The van der Waals surface area contributed by atoms with Crippen LogP contribution in [0.5, 0.6) is 0 Å². The highest BCUT2D eigenvalue weighted by Crippen LogP contribution is 2.44. The van der Waals surface area contributed by atoms with Crippen molar-refractivity contribution in [1.82, 2.24) is 4.57 Å². The summed E-state index contributed by atoms with van der Waals surface area (Å²) < 4.78 is 2.43. The molecule has 2 nitrogen and oxygen atoms in total. The minimum atomic E-state index is 0.293. The highest BCUT2D eigenvalue weighted by Gasteiger charge is 2.31. The molecule has 242 valence electrons. The van der Waals surface area contributed by atoms with E-state index in [-0.39, 0.29) is 0 Å². The van der Waals surface area contributed by atoms with Crippen LogP contribution in [-0.4, -0.2) is 10.6 Å². The van der Waals surface area contributed by atoms with Gasteiger partial charge in [0.15, 0.2) is 0 Å². The predicted octanol–water partition coefficient (Wildman–Crippen LogP) is 12.6. The first-order valence-corrected chi connectivity index (χ1v) is 17.9. The van der Waals surface area contributed by atoms with E-state index >= 15 is 0 Å². The maximum Gasteiger partial charge on any atom is 0.0543 e. The molecular formula is C48H40N2. The van der Waals surface area contributed by atoms with Crippen molar-refractivity contribution in [3.63, 3.8) is 0 Å². The van der Waals surface area contributed by atoms with Gasteiger partial charge in [-0.05, 0) is 107 Å². The quantitative estimate of drug-likeness (QED) is 0.163. The van der Waals surface area contributed by atoms with E-state index < -0.39 is 0 Å². The lowest BCUT2D eigenvalue weighted by molar-refractivity contribution is 0.730. The van der Waals surface area contributed by atoms with Crippen molar-refractivity contribution in [2.45, 2.75) is 32.7 Å². The second-order valence-electron chi connectivity index (χ2n) is 13.8. The molecule has 2 heteroatoms. The third kappa shape index (κ3) is 5.38. The molecule has 0 saturated heterocycles. The molecule has 1 heterocycles. The van der Waals surface area contributed by atoms with Gasteiger partial charge in [-0.15, -0.1) is 0 Å². The number of benzene rings is 6. The summed E-state index contributed by atoms with van der Waals surface area (Å²) in [5, 5.41) is 6.46. The second kappa shape index (κ2) is 12.5. The van der Waals surface area contributed by atoms with Crippen LogP contribution in [0.3, 0.4) is 0 Å². The normalized spacial score (nSPS) is 15.9. The summed E-state index contributed by atoms with van der Waals surface area (Å²) in [4.78, 5) is 0. The smallest absolute Gasteiger partial charge is 0.0543 e. The van der Waals surface area contributed by atoms with Crippen LogP contribution in [0.25, 0.3) is 55.3 Å². The zero-order valence-corrected chi connectivity index (χ0v) is 28.6. The highest BCUT2D eigenvalue weighted by molar-refractivity contribution is 6.10. The Kier molecular flexibility index (Phi) is 7.58. The zero-order valence-electron chi connectivity index (χ0n) is 28.6.